The molecule has 4 heterocycles. The van der Waals surface area contributed by atoms with E-state index in [0.717, 1.165) is 48.4 Å². The first-order valence-corrected chi connectivity index (χ1v) is 17.5. The van der Waals surface area contributed by atoms with Gasteiger partial charge in [-0.05, 0) is 90.2 Å². The molecule has 0 amide bonds. The van der Waals surface area contributed by atoms with E-state index in [1.807, 2.05) is 36.4 Å². The predicted molar refractivity (Wildman–Crippen MR) is 193 cm³/mol. The molecule has 4 aromatic rings. The van der Waals surface area contributed by atoms with Crippen LogP contribution in [0.3, 0.4) is 0 Å². The van der Waals surface area contributed by atoms with Crippen LogP contribution in [0.15, 0.2) is 60.7 Å². The van der Waals surface area contributed by atoms with Crippen LogP contribution in [0, 0.1) is 0 Å². The quantitative estimate of drug-likeness (QED) is 0.202. The van der Waals surface area contributed by atoms with E-state index in [-0.39, 0.29) is 18.5 Å². The zero-order chi connectivity index (χ0) is 35.9. The van der Waals surface area contributed by atoms with E-state index < -0.39 is 5.97 Å². The minimum Gasteiger partial charge on any atom is -0.493 e. The number of nitrogens with zero attached hydrogens (tertiary/aromatic N) is 2. The van der Waals surface area contributed by atoms with Gasteiger partial charge in [0.15, 0.2) is 34.5 Å². The largest absolute Gasteiger partial charge is 0.493 e. The summed E-state index contributed by atoms with van der Waals surface area (Å²) in [6.45, 7) is 2.10. The van der Waals surface area contributed by atoms with Crippen molar-refractivity contribution in [1.82, 2.24) is 4.90 Å². The van der Waals surface area contributed by atoms with E-state index >= 15 is 0 Å². The summed E-state index contributed by atoms with van der Waals surface area (Å²) in [5.74, 6) is 3.97. The van der Waals surface area contributed by atoms with Gasteiger partial charge in [-0.1, -0.05) is 18.2 Å². The molecule has 10 heteroatoms. The molecule has 0 aromatic heterocycles. The Morgan fingerprint density at radius 1 is 0.824 bits per heavy atom. The van der Waals surface area contributed by atoms with Gasteiger partial charge in [0.25, 0.3) is 0 Å². The van der Waals surface area contributed by atoms with Gasteiger partial charge in [-0.15, -0.1) is 0 Å². The molecule has 268 valence electrons. The second-order valence-corrected chi connectivity index (χ2v) is 14.0. The number of fused-ring (bicyclic) bond motifs is 2. The molecule has 51 heavy (non-hydrogen) atoms. The van der Waals surface area contributed by atoms with Crippen molar-refractivity contribution >= 4 is 5.97 Å². The van der Waals surface area contributed by atoms with Crippen molar-refractivity contribution in [3.63, 3.8) is 0 Å². The molecule has 4 aromatic carbocycles. The Kier molecular flexibility index (Phi) is 9.48. The van der Waals surface area contributed by atoms with Crippen LogP contribution in [0.2, 0.25) is 0 Å². The first kappa shape index (κ1) is 34.5. The maximum absolute atomic E-state index is 12.0. The number of carboxylic acids is 1. The van der Waals surface area contributed by atoms with Gasteiger partial charge in [0.1, 0.15) is 11.8 Å². The highest BCUT2D eigenvalue weighted by atomic mass is 16.5. The van der Waals surface area contributed by atoms with Crippen LogP contribution in [0.1, 0.15) is 51.9 Å². The van der Waals surface area contributed by atoms with Crippen molar-refractivity contribution in [2.45, 2.75) is 44.2 Å². The molecule has 0 radical (unpaired) electrons. The molecule has 8 rings (SSSR count). The fourth-order valence-electron chi connectivity index (χ4n) is 8.13. The molecule has 4 aliphatic rings. The molecule has 3 atom stereocenters. The fraction of sp³-hybridized carbons (Fsp3) is 0.390. The molecular formula is C41H47N2O8+. The number of hydrogen-bond donors (Lipinski definition) is 1. The summed E-state index contributed by atoms with van der Waals surface area (Å²) in [4.78, 5) is 14.4. The summed E-state index contributed by atoms with van der Waals surface area (Å²) >= 11 is 0. The zero-order valence-electron chi connectivity index (χ0n) is 30.3. The second kappa shape index (κ2) is 14.0. The second-order valence-electron chi connectivity index (χ2n) is 14.0. The number of likely N-dealkylation sites (N-methyl/N-ethyl adjacent to an activating group) is 2. The third kappa shape index (κ3) is 6.54. The fourth-order valence-corrected chi connectivity index (χ4v) is 8.13. The van der Waals surface area contributed by atoms with E-state index in [1.165, 1.54) is 16.7 Å². The van der Waals surface area contributed by atoms with Crippen molar-refractivity contribution in [3.8, 4) is 46.0 Å². The first-order valence-electron chi connectivity index (χ1n) is 17.5. The highest BCUT2D eigenvalue weighted by Crippen LogP contribution is 2.53. The van der Waals surface area contributed by atoms with Crippen molar-refractivity contribution in [3.05, 3.63) is 94.0 Å². The van der Waals surface area contributed by atoms with Crippen molar-refractivity contribution in [2.24, 2.45) is 0 Å². The van der Waals surface area contributed by atoms with Gasteiger partial charge in [-0.3, -0.25) is 9.69 Å². The highest BCUT2D eigenvalue weighted by molar-refractivity contribution is 5.67. The maximum Gasteiger partial charge on any atom is 0.309 e. The lowest BCUT2D eigenvalue weighted by Gasteiger charge is -2.46. The number of aliphatic carboxylic acids is 1. The van der Waals surface area contributed by atoms with Gasteiger partial charge in [0.05, 0.1) is 60.6 Å². The number of quaternary nitrogens is 1. The monoisotopic (exact) mass is 695 g/mol. The summed E-state index contributed by atoms with van der Waals surface area (Å²) in [7, 11) is 10.9. The van der Waals surface area contributed by atoms with E-state index in [1.54, 1.807) is 28.4 Å². The van der Waals surface area contributed by atoms with Crippen LogP contribution in [0.5, 0.6) is 46.0 Å². The highest BCUT2D eigenvalue weighted by Gasteiger charge is 2.44. The number of methoxy groups -OCH3 is 4. The minimum atomic E-state index is -0.825. The molecule has 0 saturated heterocycles. The Bertz CT molecular complexity index is 1940. The van der Waals surface area contributed by atoms with E-state index in [0.29, 0.717) is 64.1 Å². The number of carboxylic acid groups (broad SMARTS) is 1. The van der Waals surface area contributed by atoms with Crippen molar-refractivity contribution in [1.29, 1.82) is 0 Å². The number of ether oxygens (including phenoxy) is 6. The van der Waals surface area contributed by atoms with Gasteiger partial charge in [-0.25, -0.2) is 0 Å². The van der Waals surface area contributed by atoms with E-state index in [2.05, 4.69) is 43.3 Å². The van der Waals surface area contributed by atoms with Gasteiger partial charge in [-0.2, -0.15) is 0 Å². The molecular weight excluding hydrogens is 648 g/mol. The third-order valence-corrected chi connectivity index (χ3v) is 11.1. The predicted octanol–water partition coefficient (Wildman–Crippen LogP) is 7.15. The van der Waals surface area contributed by atoms with Gasteiger partial charge in [0, 0.05) is 25.4 Å². The standard InChI is InChI=1S/C41H46N2O8/c1-42-16-13-27-22-34(47-4)36-24-30(27)31(42)19-25-7-10-29(11-8-25)50-35-21-26(9-12-33(35)46-3)20-32-39-28(14-17-43(32,2)18-15-38(44)45)23-37(48-5)40(49-6)41(39)51-36/h7-12,21-24,31-32H,13-20H2,1-6H3/p+1. The minimum absolute atomic E-state index is 0.0341. The van der Waals surface area contributed by atoms with Crippen LogP contribution >= 0.6 is 0 Å². The third-order valence-electron chi connectivity index (χ3n) is 11.1. The van der Waals surface area contributed by atoms with E-state index in [9.17, 15) is 9.90 Å². The summed E-state index contributed by atoms with van der Waals surface area (Å²) in [6.07, 6.45) is 3.01. The molecule has 10 nitrogen and oxygen atoms in total. The molecule has 1 N–H and O–H groups in total. The van der Waals surface area contributed by atoms with E-state index in [4.69, 9.17) is 28.4 Å². The van der Waals surface area contributed by atoms with Crippen molar-refractivity contribution < 1.29 is 42.8 Å². The molecule has 0 saturated carbocycles. The lowest BCUT2D eigenvalue weighted by Crippen LogP contribution is -2.53. The van der Waals surface area contributed by atoms with Gasteiger partial charge in [0.2, 0.25) is 5.75 Å². The normalized spacial score (nSPS) is 20.9. The average molecular weight is 696 g/mol. The number of carbonyl (C=O) groups is 1. The summed E-state index contributed by atoms with van der Waals surface area (Å²) in [5.41, 5.74) is 6.67. The Morgan fingerprint density at radius 3 is 2.24 bits per heavy atom. The summed E-state index contributed by atoms with van der Waals surface area (Å²) in [6, 6.07) is 20.5. The molecule has 4 aliphatic heterocycles. The number of benzene rings is 4. The van der Waals surface area contributed by atoms with Crippen LogP contribution < -0.4 is 28.4 Å². The molecule has 3 unspecified atom stereocenters. The SMILES string of the molecule is COc1ccc2cc1Oc1ccc(cc1)CC1c3cc(c(OC)cc3CCN1C)Oc1c(OC)c(OC)cc3c1C(C2)[N+](C)(CCC(=O)O)CC3. The van der Waals surface area contributed by atoms with Gasteiger partial charge >= 0.3 is 5.97 Å². The lowest BCUT2D eigenvalue weighted by molar-refractivity contribution is -0.940. The Morgan fingerprint density at radius 2 is 1.53 bits per heavy atom. The molecule has 6 bridgehead atoms. The smallest absolute Gasteiger partial charge is 0.309 e. The van der Waals surface area contributed by atoms with Crippen LogP contribution in [-0.4, -0.2) is 82.6 Å². The van der Waals surface area contributed by atoms with Gasteiger partial charge < -0.3 is 38.0 Å². The Labute approximate surface area is 299 Å². The number of hydrogen-bond acceptors (Lipinski definition) is 8. The Hall–Kier alpha value is -4.93. The topological polar surface area (TPSA) is 95.9 Å². The van der Waals surface area contributed by atoms with Crippen LogP contribution in [-0.2, 0) is 30.5 Å². The van der Waals surface area contributed by atoms with Crippen LogP contribution in [0.25, 0.3) is 0 Å². The Balaban J connectivity index is 1.49. The zero-order valence-corrected chi connectivity index (χ0v) is 30.3. The summed E-state index contributed by atoms with van der Waals surface area (Å²) in [5, 5.41) is 9.84. The lowest BCUT2D eigenvalue weighted by atomic mass is 9.85. The molecule has 0 fully saturated rings. The molecule has 0 aliphatic carbocycles. The number of rotatable bonds is 7. The van der Waals surface area contributed by atoms with Crippen molar-refractivity contribution in [2.75, 3.05) is 62.2 Å². The first-order chi connectivity index (χ1) is 24.6. The van der Waals surface area contributed by atoms with Crippen LogP contribution in [0.4, 0.5) is 0 Å². The summed E-state index contributed by atoms with van der Waals surface area (Å²) < 4.78 is 37.8. The maximum atomic E-state index is 12.0. The average Bonchev–Trinajstić information content (AvgIpc) is 3.13. The molecule has 0 spiro atoms.